The molecule has 1 saturated carbocycles. The Balaban J connectivity index is 1.38. The molecule has 1 aliphatic heterocycles. The average Bonchev–Trinajstić information content (AvgIpc) is 3.16. The van der Waals surface area contributed by atoms with Crippen LogP contribution in [0.4, 0.5) is 0 Å². The molecule has 2 aliphatic rings. The molecule has 1 aromatic carbocycles. The van der Waals surface area contributed by atoms with Gasteiger partial charge in [-0.15, -0.1) is 0 Å². The molecule has 0 spiro atoms. The first-order valence-corrected chi connectivity index (χ1v) is 9.75. The molecule has 4 nitrogen and oxygen atoms in total. The van der Waals surface area contributed by atoms with Gasteiger partial charge < -0.3 is 10.2 Å². The summed E-state index contributed by atoms with van der Waals surface area (Å²) >= 11 is 0. The van der Waals surface area contributed by atoms with Crippen molar-refractivity contribution in [2.75, 3.05) is 13.1 Å². The summed E-state index contributed by atoms with van der Waals surface area (Å²) in [6.07, 6.45) is 7.60. The van der Waals surface area contributed by atoms with Gasteiger partial charge in [0.25, 0.3) is 0 Å². The molecule has 2 amide bonds. The first kappa shape index (κ1) is 18.0. The lowest BCUT2D eigenvalue weighted by atomic mass is 10.0. The zero-order valence-electron chi connectivity index (χ0n) is 15.3. The fourth-order valence-electron chi connectivity index (χ4n) is 3.94. The maximum Gasteiger partial charge on any atom is 0.223 e. The topological polar surface area (TPSA) is 49.4 Å². The Bertz CT molecular complexity index is 582. The number of aryl methyl sites for hydroxylation is 2. The second kappa shape index (κ2) is 8.50. The van der Waals surface area contributed by atoms with Crippen molar-refractivity contribution in [3.05, 3.63) is 35.4 Å². The predicted octanol–water partition coefficient (Wildman–Crippen LogP) is 3.23. The van der Waals surface area contributed by atoms with Crippen molar-refractivity contribution in [3.8, 4) is 0 Å². The van der Waals surface area contributed by atoms with Gasteiger partial charge in [-0.1, -0.05) is 42.7 Å². The lowest BCUT2D eigenvalue weighted by Gasteiger charge is -2.33. The van der Waals surface area contributed by atoms with Crippen LogP contribution in [-0.4, -0.2) is 35.8 Å². The lowest BCUT2D eigenvalue weighted by Crippen LogP contribution is -2.47. The SMILES string of the molecule is Cc1ccc(CCC(=O)N2CCC(NC(=O)C3CCCC3)CC2)cc1. The molecule has 1 N–H and O–H groups in total. The van der Waals surface area contributed by atoms with Crippen LogP contribution in [0.1, 0.15) is 56.1 Å². The minimum atomic E-state index is 0.231. The molecule has 0 bridgehead atoms. The van der Waals surface area contributed by atoms with Crippen LogP contribution < -0.4 is 5.32 Å². The summed E-state index contributed by atoms with van der Waals surface area (Å²) < 4.78 is 0. The van der Waals surface area contributed by atoms with Crippen LogP contribution in [-0.2, 0) is 16.0 Å². The molecule has 0 radical (unpaired) electrons. The number of piperidine rings is 1. The quantitative estimate of drug-likeness (QED) is 0.893. The second-order valence-electron chi connectivity index (χ2n) is 7.63. The number of nitrogens with one attached hydrogen (secondary N) is 1. The van der Waals surface area contributed by atoms with E-state index in [9.17, 15) is 9.59 Å². The number of amides is 2. The summed E-state index contributed by atoms with van der Waals surface area (Å²) in [5.74, 6) is 0.706. The standard InChI is InChI=1S/C21H30N2O2/c1-16-6-8-17(9-7-16)10-11-20(24)23-14-12-19(13-15-23)22-21(25)18-4-2-3-5-18/h6-9,18-19H,2-5,10-15H2,1H3,(H,22,25). The number of rotatable bonds is 5. The normalized spacial score (nSPS) is 19.2. The molecular weight excluding hydrogens is 312 g/mol. The van der Waals surface area contributed by atoms with Crippen LogP contribution >= 0.6 is 0 Å². The number of hydrogen-bond donors (Lipinski definition) is 1. The van der Waals surface area contributed by atoms with Gasteiger partial charge in [-0.3, -0.25) is 9.59 Å². The summed E-state index contributed by atoms with van der Waals surface area (Å²) in [4.78, 5) is 26.6. The minimum Gasteiger partial charge on any atom is -0.353 e. The highest BCUT2D eigenvalue weighted by Gasteiger charge is 2.27. The van der Waals surface area contributed by atoms with E-state index < -0.39 is 0 Å². The van der Waals surface area contributed by atoms with Gasteiger partial charge in [0.05, 0.1) is 0 Å². The summed E-state index contributed by atoms with van der Waals surface area (Å²) in [6.45, 7) is 3.61. The average molecular weight is 342 g/mol. The van der Waals surface area contributed by atoms with Crippen LogP contribution in [0.25, 0.3) is 0 Å². The maximum atomic E-state index is 12.4. The van der Waals surface area contributed by atoms with Crippen molar-refractivity contribution >= 4 is 11.8 Å². The van der Waals surface area contributed by atoms with E-state index in [-0.39, 0.29) is 23.8 Å². The van der Waals surface area contributed by atoms with Gasteiger partial charge in [0.2, 0.25) is 11.8 Å². The zero-order valence-corrected chi connectivity index (χ0v) is 15.3. The summed E-state index contributed by atoms with van der Waals surface area (Å²) in [5.41, 5.74) is 2.47. The van der Waals surface area contributed by atoms with Crippen molar-refractivity contribution in [1.82, 2.24) is 10.2 Å². The molecule has 1 heterocycles. The van der Waals surface area contributed by atoms with Gasteiger partial charge in [0.15, 0.2) is 0 Å². The van der Waals surface area contributed by atoms with Crippen molar-refractivity contribution in [2.24, 2.45) is 5.92 Å². The van der Waals surface area contributed by atoms with Crippen molar-refractivity contribution in [1.29, 1.82) is 0 Å². The number of hydrogen-bond acceptors (Lipinski definition) is 2. The molecular formula is C21H30N2O2. The van der Waals surface area contributed by atoms with Crippen molar-refractivity contribution in [2.45, 2.75) is 64.3 Å². The number of benzene rings is 1. The monoisotopic (exact) mass is 342 g/mol. The molecule has 1 aromatic rings. The van der Waals surface area contributed by atoms with Crippen LogP contribution in [0.3, 0.4) is 0 Å². The first-order valence-electron chi connectivity index (χ1n) is 9.75. The highest BCUT2D eigenvalue weighted by Crippen LogP contribution is 2.25. The Morgan fingerprint density at radius 3 is 2.32 bits per heavy atom. The Kier molecular flexibility index (Phi) is 6.11. The third-order valence-electron chi connectivity index (χ3n) is 5.67. The molecule has 0 aromatic heterocycles. The molecule has 25 heavy (non-hydrogen) atoms. The van der Waals surface area contributed by atoms with E-state index in [1.54, 1.807) is 0 Å². The van der Waals surface area contributed by atoms with E-state index >= 15 is 0 Å². The van der Waals surface area contributed by atoms with Crippen LogP contribution in [0, 0.1) is 12.8 Å². The smallest absolute Gasteiger partial charge is 0.223 e. The fraction of sp³-hybridized carbons (Fsp3) is 0.619. The van der Waals surface area contributed by atoms with E-state index in [2.05, 4.69) is 36.5 Å². The molecule has 0 atom stereocenters. The Morgan fingerprint density at radius 1 is 1.04 bits per heavy atom. The highest BCUT2D eigenvalue weighted by atomic mass is 16.2. The van der Waals surface area contributed by atoms with Gasteiger partial charge in [0.1, 0.15) is 0 Å². The van der Waals surface area contributed by atoms with Gasteiger partial charge in [-0.2, -0.15) is 0 Å². The maximum absolute atomic E-state index is 12.4. The number of likely N-dealkylation sites (tertiary alicyclic amines) is 1. The van der Waals surface area contributed by atoms with E-state index in [1.807, 2.05) is 4.90 Å². The van der Waals surface area contributed by atoms with Crippen molar-refractivity contribution in [3.63, 3.8) is 0 Å². The molecule has 4 heteroatoms. The number of carbonyl (C=O) groups is 2. The largest absolute Gasteiger partial charge is 0.353 e. The van der Waals surface area contributed by atoms with Crippen molar-refractivity contribution < 1.29 is 9.59 Å². The summed E-state index contributed by atoms with van der Waals surface area (Å²) in [5, 5.41) is 3.21. The number of carbonyl (C=O) groups excluding carboxylic acids is 2. The fourth-order valence-corrected chi connectivity index (χ4v) is 3.94. The second-order valence-corrected chi connectivity index (χ2v) is 7.63. The van der Waals surface area contributed by atoms with Gasteiger partial charge in [-0.25, -0.2) is 0 Å². The minimum absolute atomic E-state index is 0.231. The summed E-state index contributed by atoms with van der Waals surface area (Å²) in [7, 11) is 0. The third-order valence-corrected chi connectivity index (χ3v) is 5.67. The van der Waals surface area contributed by atoms with Gasteiger partial charge in [0, 0.05) is 31.5 Å². The third kappa shape index (κ3) is 5.07. The lowest BCUT2D eigenvalue weighted by molar-refractivity contribution is -0.132. The predicted molar refractivity (Wildman–Crippen MR) is 99.2 cm³/mol. The van der Waals surface area contributed by atoms with E-state index in [0.29, 0.717) is 6.42 Å². The number of nitrogens with zero attached hydrogens (tertiary/aromatic N) is 1. The molecule has 3 rings (SSSR count). The Morgan fingerprint density at radius 2 is 1.68 bits per heavy atom. The molecule has 0 unspecified atom stereocenters. The van der Waals surface area contributed by atoms with E-state index in [0.717, 1.165) is 45.2 Å². The van der Waals surface area contributed by atoms with E-state index in [4.69, 9.17) is 0 Å². The zero-order chi connectivity index (χ0) is 17.6. The summed E-state index contributed by atoms with van der Waals surface area (Å²) in [6, 6.07) is 8.64. The molecule has 1 aliphatic carbocycles. The van der Waals surface area contributed by atoms with Gasteiger partial charge >= 0.3 is 0 Å². The van der Waals surface area contributed by atoms with Crippen LogP contribution in [0.15, 0.2) is 24.3 Å². The van der Waals surface area contributed by atoms with E-state index in [1.165, 1.54) is 24.0 Å². The van der Waals surface area contributed by atoms with Crippen LogP contribution in [0.2, 0.25) is 0 Å². The molecule has 2 fully saturated rings. The Hall–Kier alpha value is -1.84. The van der Waals surface area contributed by atoms with Gasteiger partial charge in [-0.05, 0) is 44.6 Å². The van der Waals surface area contributed by atoms with Crippen LogP contribution in [0.5, 0.6) is 0 Å². The Labute approximate surface area is 151 Å². The molecule has 136 valence electrons. The highest BCUT2D eigenvalue weighted by molar-refractivity contribution is 5.79. The first-order chi connectivity index (χ1) is 12.1. The molecule has 1 saturated heterocycles.